The number of nitrogens with zero attached hydrogens (tertiary/aromatic N) is 2. The molecule has 5 heteroatoms. The average Bonchev–Trinajstić information content (AvgIpc) is 2.66. The number of fused-ring (bicyclic) bond motifs is 1. The Hall–Kier alpha value is -1.62. The zero-order valence-corrected chi connectivity index (χ0v) is 14.9. The molecular weight excluding hydrogens is 280 g/mol. The molecule has 1 aromatic heterocycles. The van der Waals surface area contributed by atoms with Crippen LogP contribution in [-0.4, -0.2) is 24.0 Å². The molecule has 0 aliphatic carbocycles. The molecule has 0 unspecified atom stereocenters. The molecule has 0 saturated heterocycles. The van der Waals surface area contributed by atoms with Crippen LogP contribution < -0.4 is 4.43 Å². The van der Waals surface area contributed by atoms with Gasteiger partial charge in [0, 0.05) is 6.92 Å². The predicted molar refractivity (Wildman–Crippen MR) is 88.6 cm³/mol. The predicted octanol–water partition coefficient (Wildman–Crippen LogP) is 4.39. The molecule has 0 saturated carbocycles. The molecule has 1 aromatic carbocycles. The first-order valence-electron chi connectivity index (χ1n) is 7.23. The summed E-state index contributed by atoms with van der Waals surface area (Å²) in [6.07, 6.45) is 0. The van der Waals surface area contributed by atoms with Gasteiger partial charge in [0.25, 0.3) is 8.32 Å². The number of benzene rings is 1. The molecule has 1 heterocycles. The second kappa shape index (κ2) is 4.98. The Morgan fingerprint density at radius 3 is 2.43 bits per heavy atom. The molecule has 0 spiro atoms. The van der Waals surface area contributed by atoms with E-state index in [1.54, 1.807) is 0 Å². The van der Waals surface area contributed by atoms with Crippen LogP contribution in [0.25, 0.3) is 10.9 Å². The van der Waals surface area contributed by atoms with Crippen LogP contribution in [-0.2, 0) is 0 Å². The van der Waals surface area contributed by atoms with Crippen molar-refractivity contribution < 1.29 is 9.22 Å². The van der Waals surface area contributed by atoms with Crippen LogP contribution in [0.2, 0.25) is 18.1 Å². The van der Waals surface area contributed by atoms with Crippen molar-refractivity contribution in [3.05, 3.63) is 23.9 Å². The lowest BCUT2D eigenvalue weighted by molar-refractivity contribution is 0.0926. The van der Waals surface area contributed by atoms with Crippen molar-refractivity contribution in [3.63, 3.8) is 0 Å². The van der Waals surface area contributed by atoms with Crippen LogP contribution >= 0.6 is 0 Å². The van der Waals surface area contributed by atoms with Crippen molar-refractivity contribution in [2.75, 3.05) is 0 Å². The van der Waals surface area contributed by atoms with Crippen molar-refractivity contribution in [2.45, 2.75) is 52.8 Å². The summed E-state index contributed by atoms with van der Waals surface area (Å²) in [4.78, 5) is 11.7. The van der Waals surface area contributed by atoms with E-state index < -0.39 is 8.32 Å². The Morgan fingerprint density at radius 2 is 1.90 bits per heavy atom. The maximum absolute atomic E-state index is 11.7. The molecule has 21 heavy (non-hydrogen) atoms. The highest BCUT2D eigenvalue weighted by molar-refractivity contribution is 6.74. The maximum Gasteiger partial charge on any atom is 0.250 e. The van der Waals surface area contributed by atoms with E-state index in [4.69, 9.17) is 4.43 Å². The van der Waals surface area contributed by atoms with Crippen molar-refractivity contribution >= 4 is 25.1 Å². The van der Waals surface area contributed by atoms with E-state index in [-0.39, 0.29) is 10.9 Å². The van der Waals surface area contributed by atoms with Crippen LogP contribution in [0, 0.1) is 6.92 Å². The lowest BCUT2D eigenvalue weighted by Gasteiger charge is -2.36. The van der Waals surface area contributed by atoms with Crippen LogP contribution in [0.5, 0.6) is 5.75 Å². The molecule has 2 aromatic rings. The minimum atomic E-state index is -1.93. The van der Waals surface area contributed by atoms with Crippen LogP contribution in [0.4, 0.5) is 0 Å². The van der Waals surface area contributed by atoms with Crippen molar-refractivity contribution in [3.8, 4) is 5.75 Å². The number of carbonyl (C=O) groups is 1. The number of hydrogen-bond acceptors (Lipinski definition) is 3. The van der Waals surface area contributed by atoms with E-state index in [1.807, 2.05) is 25.1 Å². The molecule has 0 fully saturated rings. The number of carbonyl (C=O) groups excluding carboxylic acids is 1. The number of aromatic nitrogens is 2. The maximum atomic E-state index is 11.7. The summed E-state index contributed by atoms with van der Waals surface area (Å²) in [6, 6.07) is 5.81. The van der Waals surface area contributed by atoms with Crippen LogP contribution in [0.15, 0.2) is 18.2 Å². The van der Waals surface area contributed by atoms with E-state index in [9.17, 15) is 4.79 Å². The molecule has 0 aliphatic rings. The van der Waals surface area contributed by atoms with Gasteiger partial charge in [-0.25, -0.2) is 0 Å². The van der Waals surface area contributed by atoms with Gasteiger partial charge in [-0.15, -0.1) is 0 Å². The smallest absolute Gasteiger partial charge is 0.250 e. The molecular formula is C16H24N2O2Si. The van der Waals surface area contributed by atoms with Gasteiger partial charge in [-0.3, -0.25) is 4.79 Å². The first-order valence-corrected chi connectivity index (χ1v) is 10.1. The topological polar surface area (TPSA) is 44.1 Å². The largest absolute Gasteiger partial charge is 0.543 e. The molecule has 0 radical (unpaired) electrons. The molecule has 0 atom stereocenters. The minimum absolute atomic E-state index is 0.0856. The summed E-state index contributed by atoms with van der Waals surface area (Å²) in [6.45, 7) is 14.5. The second-order valence-electron chi connectivity index (χ2n) is 7.03. The van der Waals surface area contributed by atoms with Crippen molar-refractivity contribution in [1.29, 1.82) is 0 Å². The first kappa shape index (κ1) is 15.8. The average molecular weight is 304 g/mol. The third kappa shape index (κ3) is 2.74. The van der Waals surface area contributed by atoms with Gasteiger partial charge in [0.1, 0.15) is 5.75 Å². The highest BCUT2D eigenvalue weighted by Crippen LogP contribution is 2.39. The van der Waals surface area contributed by atoms with Gasteiger partial charge < -0.3 is 4.43 Å². The zero-order chi connectivity index (χ0) is 16.0. The SMILES string of the molecule is CC(=O)n1nc(C)c2c(O[Si](C)(C)C(C)(C)C)cccc21. The fourth-order valence-corrected chi connectivity index (χ4v) is 3.09. The molecule has 0 aliphatic heterocycles. The van der Waals surface area contributed by atoms with E-state index in [0.717, 1.165) is 22.3 Å². The highest BCUT2D eigenvalue weighted by atomic mass is 28.4. The van der Waals surface area contributed by atoms with E-state index >= 15 is 0 Å². The summed E-state index contributed by atoms with van der Waals surface area (Å²) < 4.78 is 7.88. The normalized spacial score (nSPS) is 12.7. The van der Waals surface area contributed by atoms with Gasteiger partial charge in [0.15, 0.2) is 0 Å². The number of rotatable bonds is 2. The number of aryl methyl sites for hydroxylation is 1. The highest BCUT2D eigenvalue weighted by Gasteiger charge is 2.39. The zero-order valence-electron chi connectivity index (χ0n) is 13.9. The third-order valence-electron chi connectivity index (χ3n) is 4.31. The Balaban J connectivity index is 2.59. The van der Waals surface area contributed by atoms with Gasteiger partial charge in [-0.05, 0) is 37.2 Å². The second-order valence-corrected chi connectivity index (χ2v) is 11.8. The molecule has 0 bridgehead atoms. The Kier molecular flexibility index (Phi) is 3.74. The molecule has 2 rings (SSSR count). The van der Waals surface area contributed by atoms with Crippen molar-refractivity contribution in [2.24, 2.45) is 0 Å². The number of hydrogen-bond donors (Lipinski definition) is 0. The minimum Gasteiger partial charge on any atom is -0.543 e. The summed E-state index contributed by atoms with van der Waals surface area (Å²) >= 11 is 0. The van der Waals surface area contributed by atoms with Gasteiger partial charge in [0.2, 0.25) is 5.91 Å². The Labute approximate surface area is 127 Å². The monoisotopic (exact) mass is 304 g/mol. The third-order valence-corrected chi connectivity index (χ3v) is 8.66. The summed E-state index contributed by atoms with van der Waals surface area (Å²) in [5.74, 6) is 0.752. The van der Waals surface area contributed by atoms with Gasteiger partial charge in [-0.2, -0.15) is 9.78 Å². The standard InChI is InChI=1S/C16H24N2O2Si/c1-11-15-13(18(17-11)12(2)19)9-8-10-14(15)20-21(6,7)16(3,4)5/h8-10H,1-7H3. The van der Waals surface area contributed by atoms with Gasteiger partial charge >= 0.3 is 0 Å². The molecule has 114 valence electrons. The van der Waals surface area contributed by atoms with E-state index in [2.05, 4.69) is 39.0 Å². The summed E-state index contributed by atoms with van der Waals surface area (Å²) in [5.41, 5.74) is 1.64. The Bertz CT molecular complexity index is 696. The van der Waals surface area contributed by atoms with Crippen LogP contribution in [0.3, 0.4) is 0 Å². The van der Waals surface area contributed by atoms with Gasteiger partial charge in [-0.1, -0.05) is 26.8 Å². The summed E-state index contributed by atoms with van der Waals surface area (Å²) in [7, 11) is -1.93. The fraction of sp³-hybridized carbons (Fsp3) is 0.500. The lowest BCUT2D eigenvalue weighted by atomic mass is 10.2. The van der Waals surface area contributed by atoms with Crippen LogP contribution in [0.1, 0.15) is 38.2 Å². The Morgan fingerprint density at radius 1 is 1.29 bits per heavy atom. The molecule has 4 nitrogen and oxygen atoms in total. The van der Waals surface area contributed by atoms with Gasteiger partial charge in [0.05, 0.1) is 16.6 Å². The van der Waals surface area contributed by atoms with E-state index in [1.165, 1.54) is 11.6 Å². The lowest BCUT2D eigenvalue weighted by Crippen LogP contribution is -2.43. The van der Waals surface area contributed by atoms with Crippen molar-refractivity contribution in [1.82, 2.24) is 9.78 Å². The first-order chi connectivity index (χ1) is 9.54. The molecule has 0 N–H and O–H groups in total. The van der Waals surface area contributed by atoms with E-state index in [0.29, 0.717) is 0 Å². The quantitative estimate of drug-likeness (QED) is 0.773. The molecule has 0 amide bonds. The summed E-state index contributed by atoms with van der Waals surface area (Å²) in [5, 5.41) is 5.41. The fourth-order valence-electron chi connectivity index (χ4n) is 2.07.